The number of hydrogen-bond acceptors (Lipinski definition) is 2. The molecule has 0 saturated heterocycles. The molecule has 0 heterocycles. The van der Waals surface area contributed by atoms with Crippen LogP contribution in [-0.4, -0.2) is 18.8 Å². The Hall–Kier alpha value is -1.02. The molecule has 0 N–H and O–H groups in total. The molecule has 1 rings (SSSR count). The molecule has 0 amide bonds. The van der Waals surface area contributed by atoms with Crippen LogP contribution < -0.4 is 4.74 Å². The molecule has 0 saturated carbocycles. The zero-order chi connectivity index (χ0) is 13.0. The highest BCUT2D eigenvalue weighted by molar-refractivity contribution is 6.18. The number of carbonyl (C=O) groups excluding carboxylic acids is 1. The van der Waals surface area contributed by atoms with E-state index >= 15 is 0 Å². The number of ether oxygens (including phenoxy) is 1. The predicted octanol–water partition coefficient (Wildman–Crippen LogP) is 3.82. The first kappa shape index (κ1) is 14.0. The van der Waals surface area contributed by atoms with Crippen LogP contribution >= 0.6 is 11.6 Å². The molecule has 17 heavy (non-hydrogen) atoms. The standard InChI is InChI=1S/C14H19ClO2/c1-9-8-12(13(16)6-5-7-15)10(2)11(3)14(9)17-4/h8H,5-7H2,1-4H3. The van der Waals surface area contributed by atoms with Crippen LogP contribution in [0.4, 0.5) is 0 Å². The van der Waals surface area contributed by atoms with Gasteiger partial charge in [0, 0.05) is 17.9 Å². The Labute approximate surface area is 108 Å². The maximum atomic E-state index is 12.0. The zero-order valence-corrected chi connectivity index (χ0v) is 11.6. The van der Waals surface area contributed by atoms with Gasteiger partial charge in [0.25, 0.3) is 0 Å². The summed E-state index contributed by atoms with van der Waals surface area (Å²) in [5.41, 5.74) is 3.85. The summed E-state index contributed by atoms with van der Waals surface area (Å²) in [6, 6.07) is 1.91. The lowest BCUT2D eigenvalue weighted by Gasteiger charge is -2.14. The van der Waals surface area contributed by atoms with Crippen LogP contribution in [0.2, 0.25) is 0 Å². The summed E-state index contributed by atoms with van der Waals surface area (Å²) in [5, 5.41) is 0. The first-order chi connectivity index (χ1) is 8.02. The Kier molecular flexibility index (Phi) is 5.01. The average Bonchev–Trinajstić information content (AvgIpc) is 2.31. The van der Waals surface area contributed by atoms with E-state index in [0.29, 0.717) is 12.3 Å². The lowest BCUT2D eigenvalue weighted by Crippen LogP contribution is -2.06. The number of ketones is 1. The number of carbonyl (C=O) groups is 1. The third kappa shape index (κ3) is 3.01. The molecule has 0 radical (unpaired) electrons. The normalized spacial score (nSPS) is 10.4. The number of alkyl halides is 1. The van der Waals surface area contributed by atoms with Gasteiger partial charge in [-0.25, -0.2) is 0 Å². The van der Waals surface area contributed by atoms with Crippen molar-refractivity contribution in [2.75, 3.05) is 13.0 Å². The Bertz CT molecular complexity index is 425. The number of benzene rings is 1. The van der Waals surface area contributed by atoms with E-state index in [4.69, 9.17) is 16.3 Å². The van der Waals surface area contributed by atoms with Crippen LogP contribution in [0.25, 0.3) is 0 Å². The van der Waals surface area contributed by atoms with Crippen molar-refractivity contribution in [1.82, 2.24) is 0 Å². The summed E-state index contributed by atoms with van der Waals surface area (Å²) in [5.74, 6) is 1.56. The molecule has 0 fully saturated rings. The largest absolute Gasteiger partial charge is 0.496 e. The molecule has 2 nitrogen and oxygen atoms in total. The van der Waals surface area contributed by atoms with Crippen molar-refractivity contribution in [3.05, 3.63) is 28.3 Å². The van der Waals surface area contributed by atoms with Crippen LogP contribution in [-0.2, 0) is 0 Å². The van der Waals surface area contributed by atoms with E-state index in [1.165, 1.54) is 0 Å². The van der Waals surface area contributed by atoms with Gasteiger partial charge in [-0.05, 0) is 49.9 Å². The van der Waals surface area contributed by atoms with Crippen LogP contribution in [0.1, 0.15) is 39.9 Å². The molecule has 94 valence electrons. The third-order valence-electron chi connectivity index (χ3n) is 3.07. The number of halogens is 1. The second kappa shape index (κ2) is 6.06. The van der Waals surface area contributed by atoms with Crippen LogP contribution in [0.5, 0.6) is 5.75 Å². The smallest absolute Gasteiger partial charge is 0.163 e. The summed E-state index contributed by atoms with van der Waals surface area (Å²) in [7, 11) is 1.66. The van der Waals surface area contributed by atoms with Gasteiger partial charge in [-0.2, -0.15) is 0 Å². The Balaban J connectivity index is 3.14. The lowest BCUT2D eigenvalue weighted by molar-refractivity contribution is 0.0981. The number of rotatable bonds is 5. The molecule has 0 spiro atoms. The fourth-order valence-corrected chi connectivity index (χ4v) is 2.16. The molecule has 0 aliphatic heterocycles. The topological polar surface area (TPSA) is 26.3 Å². The minimum Gasteiger partial charge on any atom is -0.496 e. The fraction of sp³-hybridized carbons (Fsp3) is 0.500. The summed E-state index contributed by atoms with van der Waals surface area (Å²) >= 11 is 5.61. The van der Waals surface area contributed by atoms with Gasteiger partial charge in [0.1, 0.15) is 5.75 Å². The van der Waals surface area contributed by atoms with Crippen molar-refractivity contribution >= 4 is 17.4 Å². The Morgan fingerprint density at radius 2 is 1.94 bits per heavy atom. The van der Waals surface area contributed by atoms with Gasteiger partial charge in [-0.3, -0.25) is 4.79 Å². The quantitative estimate of drug-likeness (QED) is 0.590. The molecule has 0 aromatic heterocycles. The van der Waals surface area contributed by atoms with E-state index in [1.54, 1.807) is 7.11 Å². The average molecular weight is 255 g/mol. The van der Waals surface area contributed by atoms with E-state index in [1.807, 2.05) is 26.8 Å². The third-order valence-corrected chi connectivity index (χ3v) is 3.34. The van der Waals surface area contributed by atoms with Gasteiger partial charge in [0.15, 0.2) is 5.78 Å². The van der Waals surface area contributed by atoms with E-state index in [0.717, 1.165) is 34.4 Å². The Morgan fingerprint density at radius 1 is 1.29 bits per heavy atom. The number of aryl methyl sites for hydroxylation is 1. The van der Waals surface area contributed by atoms with E-state index < -0.39 is 0 Å². The molecule has 1 aromatic rings. The summed E-state index contributed by atoms with van der Waals surface area (Å²) in [4.78, 5) is 12.0. The second-order valence-corrected chi connectivity index (χ2v) is 4.62. The number of Topliss-reactive ketones (excluding diaryl/α,β-unsaturated/α-hetero) is 1. The van der Waals surface area contributed by atoms with Crippen molar-refractivity contribution < 1.29 is 9.53 Å². The minimum atomic E-state index is 0.164. The summed E-state index contributed by atoms with van der Waals surface area (Å²) < 4.78 is 5.34. The van der Waals surface area contributed by atoms with Crippen LogP contribution in [0, 0.1) is 20.8 Å². The molecule has 0 atom stereocenters. The molecule has 0 unspecified atom stereocenters. The lowest BCUT2D eigenvalue weighted by atomic mass is 9.94. The second-order valence-electron chi connectivity index (χ2n) is 4.24. The SMILES string of the molecule is COc1c(C)cc(C(=O)CCCCl)c(C)c1C. The molecule has 3 heteroatoms. The van der Waals surface area contributed by atoms with Gasteiger partial charge >= 0.3 is 0 Å². The highest BCUT2D eigenvalue weighted by Crippen LogP contribution is 2.29. The van der Waals surface area contributed by atoms with Crippen molar-refractivity contribution in [2.45, 2.75) is 33.6 Å². The van der Waals surface area contributed by atoms with Crippen molar-refractivity contribution in [3.8, 4) is 5.75 Å². The molecule has 0 bridgehead atoms. The molecular formula is C14H19ClO2. The molecule has 0 aliphatic carbocycles. The van der Waals surface area contributed by atoms with Gasteiger partial charge in [0.2, 0.25) is 0 Å². The van der Waals surface area contributed by atoms with Crippen molar-refractivity contribution in [2.24, 2.45) is 0 Å². The van der Waals surface area contributed by atoms with E-state index in [-0.39, 0.29) is 5.78 Å². The number of hydrogen-bond donors (Lipinski definition) is 0. The van der Waals surface area contributed by atoms with Gasteiger partial charge in [0.05, 0.1) is 7.11 Å². The fourth-order valence-electron chi connectivity index (χ4n) is 2.02. The van der Waals surface area contributed by atoms with Gasteiger partial charge < -0.3 is 4.74 Å². The number of methoxy groups -OCH3 is 1. The molecule has 1 aromatic carbocycles. The first-order valence-corrected chi connectivity index (χ1v) is 6.30. The van der Waals surface area contributed by atoms with Crippen molar-refractivity contribution in [3.63, 3.8) is 0 Å². The molecule has 0 aliphatic rings. The van der Waals surface area contributed by atoms with E-state index in [2.05, 4.69) is 0 Å². The molecular weight excluding hydrogens is 236 g/mol. The summed E-state index contributed by atoms with van der Waals surface area (Å²) in [6.45, 7) is 5.91. The minimum absolute atomic E-state index is 0.164. The van der Waals surface area contributed by atoms with Gasteiger partial charge in [-0.1, -0.05) is 0 Å². The monoisotopic (exact) mass is 254 g/mol. The van der Waals surface area contributed by atoms with Crippen molar-refractivity contribution in [1.29, 1.82) is 0 Å². The highest BCUT2D eigenvalue weighted by atomic mass is 35.5. The van der Waals surface area contributed by atoms with Gasteiger partial charge in [-0.15, -0.1) is 11.6 Å². The first-order valence-electron chi connectivity index (χ1n) is 5.76. The maximum Gasteiger partial charge on any atom is 0.163 e. The zero-order valence-electron chi connectivity index (χ0n) is 10.9. The summed E-state index contributed by atoms with van der Waals surface area (Å²) in [6.07, 6.45) is 1.24. The highest BCUT2D eigenvalue weighted by Gasteiger charge is 2.15. The predicted molar refractivity (Wildman–Crippen MR) is 71.5 cm³/mol. The van der Waals surface area contributed by atoms with Crippen LogP contribution in [0.3, 0.4) is 0 Å². The Morgan fingerprint density at radius 3 is 2.47 bits per heavy atom. The maximum absolute atomic E-state index is 12.0. The van der Waals surface area contributed by atoms with Crippen LogP contribution in [0.15, 0.2) is 6.07 Å². The van der Waals surface area contributed by atoms with E-state index in [9.17, 15) is 4.79 Å².